The van der Waals surface area contributed by atoms with E-state index in [2.05, 4.69) is 19.9 Å². The molecule has 0 spiro atoms. The first-order valence-corrected chi connectivity index (χ1v) is 9.97. The number of hydrogen-bond donors (Lipinski definition) is 0. The number of carbonyl (C=O) groups excluding carboxylic acids is 1. The quantitative estimate of drug-likeness (QED) is 0.364. The van der Waals surface area contributed by atoms with E-state index < -0.39 is 0 Å². The maximum atomic E-state index is 11.8. The van der Waals surface area contributed by atoms with Crippen LogP contribution in [-0.4, -0.2) is 13.1 Å². The van der Waals surface area contributed by atoms with Gasteiger partial charge in [-0.3, -0.25) is 0 Å². The fourth-order valence-electron chi connectivity index (χ4n) is 7.04. The van der Waals surface area contributed by atoms with Crippen molar-refractivity contribution in [2.45, 2.75) is 71.6 Å². The molecule has 2 heteroatoms. The lowest BCUT2D eigenvalue weighted by molar-refractivity contribution is -0.135. The second-order valence-electron chi connectivity index (χ2n) is 9.14. The Hall–Kier alpha value is -1.05. The van der Waals surface area contributed by atoms with Gasteiger partial charge in [-0.1, -0.05) is 31.1 Å². The maximum absolute atomic E-state index is 11.8. The summed E-state index contributed by atoms with van der Waals surface area (Å²) in [5, 5.41) is 0. The smallest absolute Gasteiger partial charge is 0.330 e. The van der Waals surface area contributed by atoms with Crippen molar-refractivity contribution >= 4 is 5.97 Å². The van der Waals surface area contributed by atoms with Crippen molar-refractivity contribution in [1.82, 2.24) is 0 Å². The molecule has 0 aromatic rings. The largest absolute Gasteiger partial charge is 0.466 e. The Morgan fingerprint density at radius 1 is 1.12 bits per heavy atom. The van der Waals surface area contributed by atoms with Crippen molar-refractivity contribution in [3.05, 3.63) is 23.3 Å². The summed E-state index contributed by atoms with van der Waals surface area (Å²) in [6.45, 7) is 5.00. The van der Waals surface area contributed by atoms with Gasteiger partial charge < -0.3 is 4.74 Å². The highest BCUT2D eigenvalue weighted by molar-refractivity contribution is 5.83. The predicted octanol–water partition coefficient (Wildman–Crippen LogP) is 5.44. The molecule has 0 aromatic heterocycles. The van der Waals surface area contributed by atoms with E-state index >= 15 is 0 Å². The third-order valence-electron chi connectivity index (χ3n) is 8.37. The molecule has 0 aliphatic heterocycles. The lowest BCUT2D eigenvalue weighted by Crippen LogP contribution is -2.49. The molecule has 4 rings (SSSR count). The second-order valence-corrected chi connectivity index (χ2v) is 9.14. The number of ether oxygens (including phenoxy) is 1. The number of fused-ring (bicyclic) bond motifs is 5. The van der Waals surface area contributed by atoms with Crippen molar-refractivity contribution < 1.29 is 9.53 Å². The third kappa shape index (κ3) is 2.24. The van der Waals surface area contributed by atoms with E-state index in [4.69, 9.17) is 4.74 Å². The summed E-state index contributed by atoms with van der Waals surface area (Å²) in [6.07, 6.45) is 16.1. The van der Waals surface area contributed by atoms with Gasteiger partial charge >= 0.3 is 5.97 Å². The van der Waals surface area contributed by atoms with E-state index in [-0.39, 0.29) is 11.4 Å². The van der Waals surface area contributed by atoms with Gasteiger partial charge in [-0.2, -0.15) is 0 Å². The third-order valence-corrected chi connectivity index (χ3v) is 8.37. The Morgan fingerprint density at radius 3 is 2.71 bits per heavy atom. The second kappa shape index (κ2) is 5.75. The van der Waals surface area contributed by atoms with Crippen molar-refractivity contribution in [3.63, 3.8) is 0 Å². The summed E-state index contributed by atoms with van der Waals surface area (Å²) >= 11 is 0. The van der Waals surface area contributed by atoms with Crippen LogP contribution in [0.2, 0.25) is 0 Å². The van der Waals surface area contributed by atoms with Crippen LogP contribution in [0.3, 0.4) is 0 Å². The summed E-state index contributed by atoms with van der Waals surface area (Å²) in [4.78, 5) is 11.8. The monoisotopic (exact) mass is 328 g/mol. The SMILES string of the molecule is COC(=O)C=C1CC[C@H]2[C@@H]3CCC4=CCCC[C@]4(C)[C@H]3CC[C@]12C. The van der Waals surface area contributed by atoms with Crippen LogP contribution in [0, 0.1) is 28.6 Å². The van der Waals surface area contributed by atoms with E-state index in [1.54, 1.807) is 5.57 Å². The van der Waals surface area contributed by atoms with Gasteiger partial charge in [0.1, 0.15) is 0 Å². The number of methoxy groups -OCH3 is 1. The van der Waals surface area contributed by atoms with Gasteiger partial charge in [0.05, 0.1) is 7.11 Å². The highest BCUT2D eigenvalue weighted by atomic mass is 16.5. The van der Waals surface area contributed by atoms with Gasteiger partial charge in [-0.25, -0.2) is 4.79 Å². The molecule has 2 nitrogen and oxygen atoms in total. The number of allylic oxidation sites excluding steroid dienone is 3. The Bertz CT molecular complexity index is 601. The first kappa shape index (κ1) is 16.4. The van der Waals surface area contributed by atoms with Gasteiger partial charge in [0, 0.05) is 6.08 Å². The van der Waals surface area contributed by atoms with Gasteiger partial charge in [0.2, 0.25) is 0 Å². The van der Waals surface area contributed by atoms with Crippen LogP contribution in [0.15, 0.2) is 23.3 Å². The molecule has 132 valence electrons. The van der Waals surface area contributed by atoms with E-state index in [1.165, 1.54) is 64.0 Å². The first-order chi connectivity index (χ1) is 11.5. The minimum absolute atomic E-state index is 0.165. The average molecular weight is 328 g/mol. The predicted molar refractivity (Wildman–Crippen MR) is 96.4 cm³/mol. The molecule has 24 heavy (non-hydrogen) atoms. The molecule has 3 saturated carbocycles. The normalized spacial score (nSPS) is 45.9. The first-order valence-electron chi connectivity index (χ1n) is 9.97. The average Bonchev–Trinajstić information content (AvgIpc) is 2.91. The van der Waals surface area contributed by atoms with E-state index in [9.17, 15) is 4.79 Å². The highest BCUT2D eigenvalue weighted by Gasteiger charge is 2.57. The van der Waals surface area contributed by atoms with Crippen LogP contribution in [0.4, 0.5) is 0 Å². The Morgan fingerprint density at radius 2 is 1.92 bits per heavy atom. The van der Waals surface area contributed by atoms with Crippen LogP contribution >= 0.6 is 0 Å². The number of carbonyl (C=O) groups is 1. The van der Waals surface area contributed by atoms with Crippen molar-refractivity contribution in [3.8, 4) is 0 Å². The molecular weight excluding hydrogens is 296 g/mol. The molecule has 0 bridgehead atoms. The number of hydrogen-bond acceptors (Lipinski definition) is 2. The summed E-state index contributed by atoms with van der Waals surface area (Å²) < 4.78 is 4.91. The van der Waals surface area contributed by atoms with E-state index in [0.29, 0.717) is 5.41 Å². The van der Waals surface area contributed by atoms with E-state index in [1.807, 2.05) is 6.08 Å². The zero-order chi connectivity index (χ0) is 16.9. The molecule has 0 heterocycles. The minimum atomic E-state index is -0.165. The minimum Gasteiger partial charge on any atom is -0.466 e. The lowest BCUT2D eigenvalue weighted by Gasteiger charge is -2.57. The van der Waals surface area contributed by atoms with Crippen LogP contribution in [0.1, 0.15) is 71.6 Å². The summed E-state index contributed by atoms with van der Waals surface area (Å²) in [5.41, 5.74) is 3.86. The molecule has 4 aliphatic rings. The van der Waals surface area contributed by atoms with Crippen molar-refractivity contribution in [2.24, 2.45) is 28.6 Å². The molecule has 0 aromatic carbocycles. The van der Waals surface area contributed by atoms with Crippen LogP contribution in [-0.2, 0) is 9.53 Å². The lowest BCUT2D eigenvalue weighted by atomic mass is 9.47. The number of esters is 1. The molecule has 0 saturated heterocycles. The van der Waals surface area contributed by atoms with Crippen LogP contribution < -0.4 is 0 Å². The van der Waals surface area contributed by atoms with Crippen molar-refractivity contribution in [2.75, 3.05) is 7.11 Å². The summed E-state index contributed by atoms with van der Waals surface area (Å²) in [6, 6.07) is 0. The molecule has 5 atom stereocenters. The van der Waals surface area contributed by atoms with Gasteiger partial charge in [-0.05, 0) is 86.4 Å². The molecule has 0 N–H and O–H groups in total. The van der Waals surface area contributed by atoms with Gasteiger partial charge in [-0.15, -0.1) is 0 Å². The Balaban J connectivity index is 1.64. The molecule has 0 radical (unpaired) electrons. The fraction of sp³-hybridized carbons (Fsp3) is 0.773. The van der Waals surface area contributed by atoms with Crippen LogP contribution in [0.25, 0.3) is 0 Å². The van der Waals surface area contributed by atoms with Gasteiger partial charge in [0.25, 0.3) is 0 Å². The Labute approximate surface area is 146 Å². The summed E-state index contributed by atoms with van der Waals surface area (Å²) in [7, 11) is 1.49. The zero-order valence-corrected chi connectivity index (χ0v) is 15.6. The molecule has 4 aliphatic carbocycles. The van der Waals surface area contributed by atoms with Gasteiger partial charge in [0.15, 0.2) is 0 Å². The van der Waals surface area contributed by atoms with E-state index in [0.717, 1.165) is 24.2 Å². The van der Waals surface area contributed by atoms with Crippen molar-refractivity contribution in [1.29, 1.82) is 0 Å². The standard InChI is InChI=1S/C22H32O2/c1-21-12-5-4-6-15(21)7-9-17-18-10-8-16(14-20(23)24-3)22(18,2)13-11-19(17)21/h6,14,17-19H,4-5,7-13H2,1-3H3/t17-,18-,19-,21-,22+/m0/s1. The highest BCUT2D eigenvalue weighted by Crippen LogP contribution is 2.66. The maximum Gasteiger partial charge on any atom is 0.330 e. The molecular formula is C22H32O2. The Kier molecular flexibility index (Phi) is 3.93. The summed E-state index contributed by atoms with van der Waals surface area (Å²) in [5.74, 6) is 2.33. The molecule has 0 unspecified atom stereocenters. The number of rotatable bonds is 1. The molecule has 3 fully saturated rings. The topological polar surface area (TPSA) is 26.3 Å². The zero-order valence-electron chi connectivity index (χ0n) is 15.6. The molecule has 0 amide bonds. The van der Waals surface area contributed by atoms with Crippen LogP contribution in [0.5, 0.6) is 0 Å². The fourth-order valence-corrected chi connectivity index (χ4v) is 7.04.